The Morgan fingerprint density at radius 1 is 1.31 bits per heavy atom. The van der Waals surface area contributed by atoms with Gasteiger partial charge in [-0.1, -0.05) is 24.6 Å². The number of hydrogen-bond donors (Lipinski definition) is 1. The van der Waals surface area contributed by atoms with Crippen LogP contribution in [0.25, 0.3) is 0 Å². The van der Waals surface area contributed by atoms with E-state index in [0.29, 0.717) is 18.4 Å². The van der Waals surface area contributed by atoms with Crippen molar-refractivity contribution < 1.29 is 27.5 Å². The monoisotopic (exact) mass is 424 g/mol. The standard InChI is InChI=1S/C20H28N2O6S/c1-4-15(3)22(17-8-9-29(26,27)13-17)18(23)12-28-19(24)11-21-20(25)16-7-5-6-14(2)10-16/h5-7,10,15,17H,4,8-9,11-13H2,1-3H3,(H,21,25)/t15-,17-/m1/s1. The molecule has 1 fully saturated rings. The Balaban J connectivity index is 1.87. The lowest BCUT2D eigenvalue weighted by atomic mass is 10.1. The van der Waals surface area contributed by atoms with E-state index in [9.17, 15) is 22.8 Å². The van der Waals surface area contributed by atoms with Crippen molar-refractivity contribution in [1.29, 1.82) is 0 Å². The molecule has 0 aromatic heterocycles. The van der Waals surface area contributed by atoms with E-state index in [1.807, 2.05) is 26.8 Å². The summed E-state index contributed by atoms with van der Waals surface area (Å²) in [6.07, 6.45) is 1.04. The van der Waals surface area contributed by atoms with Crippen molar-refractivity contribution in [3.63, 3.8) is 0 Å². The van der Waals surface area contributed by atoms with Crippen LogP contribution in [0.5, 0.6) is 0 Å². The normalized spacial score (nSPS) is 18.7. The van der Waals surface area contributed by atoms with Gasteiger partial charge in [0.1, 0.15) is 6.54 Å². The van der Waals surface area contributed by atoms with Crippen LogP contribution in [0.1, 0.15) is 42.6 Å². The highest BCUT2D eigenvalue weighted by Crippen LogP contribution is 2.21. The highest BCUT2D eigenvalue weighted by molar-refractivity contribution is 7.91. The number of rotatable bonds is 8. The minimum Gasteiger partial charge on any atom is -0.454 e. The number of ether oxygens (including phenoxy) is 1. The fraction of sp³-hybridized carbons (Fsp3) is 0.550. The van der Waals surface area contributed by atoms with Crippen molar-refractivity contribution in [1.82, 2.24) is 10.2 Å². The van der Waals surface area contributed by atoms with Crippen LogP contribution in [0.15, 0.2) is 24.3 Å². The Labute approximate surface area is 171 Å². The lowest BCUT2D eigenvalue weighted by Gasteiger charge is -2.33. The second-order valence-electron chi connectivity index (χ2n) is 7.33. The number of carbonyl (C=O) groups excluding carboxylic acids is 3. The van der Waals surface area contributed by atoms with Gasteiger partial charge in [-0.15, -0.1) is 0 Å². The third kappa shape index (κ3) is 6.56. The highest BCUT2D eigenvalue weighted by atomic mass is 32.2. The predicted molar refractivity (Wildman–Crippen MR) is 108 cm³/mol. The van der Waals surface area contributed by atoms with Gasteiger partial charge in [-0.25, -0.2) is 8.42 Å². The van der Waals surface area contributed by atoms with Crippen LogP contribution < -0.4 is 5.32 Å². The maximum absolute atomic E-state index is 12.6. The highest BCUT2D eigenvalue weighted by Gasteiger charge is 2.36. The van der Waals surface area contributed by atoms with Gasteiger partial charge in [0.2, 0.25) is 0 Å². The van der Waals surface area contributed by atoms with Gasteiger partial charge in [-0.05, 0) is 38.8 Å². The van der Waals surface area contributed by atoms with Gasteiger partial charge < -0.3 is 15.0 Å². The molecule has 0 aliphatic carbocycles. The van der Waals surface area contributed by atoms with E-state index in [-0.39, 0.29) is 24.1 Å². The summed E-state index contributed by atoms with van der Waals surface area (Å²) in [4.78, 5) is 38.1. The zero-order valence-electron chi connectivity index (χ0n) is 17.0. The summed E-state index contributed by atoms with van der Waals surface area (Å²) in [7, 11) is -3.14. The Morgan fingerprint density at radius 2 is 2.03 bits per heavy atom. The molecule has 0 bridgehead atoms. The third-order valence-corrected chi connectivity index (χ3v) is 6.74. The zero-order valence-corrected chi connectivity index (χ0v) is 17.8. The molecule has 9 heteroatoms. The Kier molecular flexibility index (Phi) is 7.78. The van der Waals surface area contributed by atoms with Crippen molar-refractivity contribution in [2.75, 3.05) is 24.7 Å². The predicted octanol–water partition coefficient (Wildman–Crippen LogP) is 1.08. The lowest BCUT2D eigenvalue weighted by molar-refractivity contribution is -0.153. The molecular weight excluding hydrogens is 396 g/mol. The topological polar surface area (TPSA) is 110 Å². The summed E-state index contributed by atoms with van der Waals surface area (Å²) in [6.45, 7) is 4.75. The number of sulfone groups is 1. The van der Waals surface area contributed by atoms with Gasteiger partial charge in [0.05, 0.1) is 11.5 Å². The van der Waals surface area contributed by atoms with Crippen molar-refractivity contribution in [3.8, 4) is 0 Å². The van der Waals surface area contributed by atoms with Crippen molar-refractivity contribution in [2.24, 2.45) is 0 Å². The van der Waals surface area contributed by atoms with Crippen molar-refractivity contribution in [2.45, 2.75) is 45.7 Å². The number of amides is 2. The van der Waals surface area contributed by atoms with E-state index in [0.717, 1.165) is 5.56 Å². The summed E-state index contributed by atoms with van der Waals surface area (Å²) < 4.78 is 28.5. The molecule has 8 nitrogen and oxygen atoms in total. The molecule has 1 aliphatic heterocycles. The molecule has 0 radical (unpaired) electrons. The second-order valence-corrected chi connectivity index (χ2v) is 9.56. The number of esters is 1. The summed E-state index contributed by atoms with van der Waals surface area (Å²) in [6, 6.07) is 6.37. The zero-order chi connectivity index (χ0) is 21.6. The molecule has 1 heterocycles. The largest absolute Gasteiger partial charge is 0.454 e. The average Bonchev–Trinajstić information content (AvgIpc) is 3.03. The van der Waals surface area contributed by atoms with Gasteiger partial charge in [-0.2, -0.15) is 0 Å². The molecule has 160 valence electrons. The fourth-order valence-corrected chi connectivity index (χ4v) is 5.02. The molecule has 1 N–H and O–H groups in total. The Hall–Kier alpha value is -2.42. The van der Waals surface area contributed by atoms with E-state index in [1.165, 1.54) is 4.90 Å². The third-order valence-electron chi connectivity index (χ3n) is 4.99. The van der Waals surface area contributed by atoms with Crippen LogP contribution in [-0.4, -0.2) is 67.8 Å². The van der Waals surface area contributed by atoms with Gasteiger partial charge in [-0.3, -0.25) is 14.4 Å². The van der Waals surface area contributed by atoms with E-state index < -0.39 is 40.3 Å². The molecule has 2 rings (SSSR count). The minimum atomic E-state index is -3.14. The maximum Gasteiger partial charge on any atom is 0.325 e. The van der Waals surface area contributed by atoms with E-state index in [2.05, 4.69) is 5.32 Å². The number of nitrogens with zero attached hydrogens (tertiary/aromatic N) is 1. The quantitative estimate of drug-likeness (QED) is 0.626. The number of benzene rings is 1. The van der Waals surface area contributed by atoms with E-state index >= 15 is 0 Å². The number of nitrogens with one attached hydrogen (secondary N) is 1. The first-order chi connectivity index (χ1) is 13.6. The van der Waals surface area contributed by atoms with Crippen molar-refractivity contribution in [3.05, 3.63) is 35.4 Å². The number of carbonyl (C=O) groups is 3. The van der Waals surface area contributed by atoms with Gasteiger partial charge in [0.25, 0.3) is 11.8 Å². The van der Waals surface area contributed by atoms with Gasteiger partial charge in [0, 0.05) is 17.6 Å². The molecule has 1 aromatic carbocycles. The molecule has 0 spiro atoms. The summed E-state index contributed by atoms with van der Waals surface area (Å²) in [5.41, 5.74) is 1.35. The van der Waals surface area contributed by atoms with Crippen LogP contribution in [0.3, 0.4) is 0 Å². The van der Waals surface area contributed by atoms with Gasteiger partial charge >= 0.3 is 5.97 Å². The first-order valence-electron chi connectivity index (χ1n) is 9.65. The maximum atomic E-state index is 12.6. The first-order valence-corrected chi connectivity index (χ1v) is 11.5. The van der Waals surface area contributed by atoms with Crippen LogP contribution in [0.4, 0.5) is 0 Å². The molecule has 2 amide bonds. The summed E-state index contributed by atoms with van der Waals surface area (Å²) in [5, 5.41) is 2.46. The fourth-order valence-electron chi connectivity index (χ4n) is 3.31. The Bertz CT molecular complexity index is 867. The number of hydrogen-bond acceptors (Lipinski definition) is 6. The van der Waals surface area contributed by atoms with Crippen LogP contribution in [0, 0.1) is 6.92 Å². The molecule has 1 aromatic rings. The minimum absolute atomic E-state index is 0.0582. The van der Waals surface area contributed by atoms with Crippen LogP contribution in [0.2, 0.25) is 0 Å². The molecule has 1 aliphatic rings. The molecule has 0 unspecified atom stereocenters. The first kappa shape index (κ1) is 22.9. The molecule has 2 atom stereocenters. The summed E-state index contributed by atoms with van der Waals surface area (Å²) >= 11 is 0. The second kappa shape index (κ2) is 9.87. The van der Waals surface area contributed by atoms with Crippen LogP contribution >= 0.6 is 0 Å². The van der Waals surface area contributed by atoms with E-state index in [1.54, 1.807) is 18.2 Å². The smallest absolute Gasteiger partial charge is 0.325 e. The lowest BCUT2D eigenvalue weighted by Crippen LogP contribution is -2.48. The van der Waals surface area contributed by atoms with Crippen molar-refractivity contribution >= 4 is 27.6 Å². The SMILES string of the molecule is CC[C@@H](C)N(C(=O)COC(=O)CNC(=O)c1cccc(C)c1)[C@@H]1CCS(=O)(=O)C1. The van der Waals surface area contributed by atoms with E-state index in [4.69, 9.17) is 4.74 Å². The van der Waals surface area contributed by atoms with Crippen LogP contribution in [-0.2, 0) is 24.2 Å². The average molecular weight is 425 g/mol. The molecular formula is C20H28N2O6S. The Morgan fingerprint density at radius 3 is 2.62 bits per heavy atom. The van der Waals surface area contributed by atoms with Gasteiger partial charge in [0.15, 0.2) is 16.4 Å². The summed E-state index contributed by atoms with van der Waals surface area (Å²) in [5.74, 6) is -1.58. The number of aryl methyl sites for hydroxylation is 1. The molecule has 1 saturated heterocycles. The molecule has 0 saturated carbocycles. The molecule has 29 heavy (non-hydrogen) atoms.